The van der Waals surface area contributed by atoms with Crippen LogP contribution >= 0.6 is 0 Å². The second-order valence-corrected chi connectivity index (χ2v) is 4.48. The number of aliphatic hydroxyl groups excluding tert-OH is 2. The lowest BCUT2D eigenvalue weighted by Gasteiger charge is -2.29. The first-order valence-electron chi connectivity index (χ1n) is 6.34. The number of ether oxygens (including phenoxy) is 1. The Hall–Kier alpha value is -1.99. The SMILES string of the molecule is CCOC(=O)C(CC(O)CO)(C(=O)O)c1cccc(F)c1. The summed E-state index contributed by atoms with van der Waals surface area (Å²) < 4.78 is 18.1. The lowest BCUT2D eigenvalue weighted by atomic mass is 9.76. The molecule has 1 aromatic carbocycles. The van der Waals surface area contributed by atoms with E-state index in [1.165, 1.54) is 19.1 Å². The second-order valence-electron chi connectivity index (χ2n) is 4.48. The molecule has 0 spiro atoms. The van der Waals surface area contributed by atoms with Gasteiger partial charge in [-0.2, -0.15) is 0 Å². The summed E-state index contributed by atoms with van der Waals surface area (Å²) in [5.41, 5.74) is -2.43. The molecule has 0 amide bonds. The minimum Gasteiger partial charge on any atom is -0.480 e. The molecule has 0 fully saturated rings. The molecule has 1 aromatic rings. The van der Waals surface area contributed by atoms with Crippen LogP contribution in [0.1, 0.15) is 18.9 Å². The van der Waals surface area contributed by atoms with Gasteiger partial charge in [0.2, 0.25) is 0 Å². The van der Waals surface area contributed by atoms with Crippen molar-refractivity contribution in [2.24, 2.45) is 0 Å². The normalized spacial score (nSPS) is 15.0. The molecule has 7 heteroatoms. The molecule has 0 heterocycles. The quantitative estimate of drug-likeness (QED) is 0.499. The first kappa shape index (κ1) is 17.1. The summed E-state index contributed by atoms with van der Waals surface area (Å²) in [5, 5.41) is 28.0. The van der Waals surface area contributed by atoms with Gasteiger partial charge in [-0.25, -0.2) is 4.39 Å². The molecule has 21 heavy (non-hydrogen) atoms. The Kier molecular flexibility index (Phi) is 5.80. The van der Waals surface area contributed by atoms with Crippen LogP contribution in [0.2, 0.25) is 0 Å². The van der Waals surface area contributed by atoms with E-state index in [4.69, 9.17) is 9.84 Å². The van der Waals surface area contributed by atoms with Crippen LogP contribution < -0.4 is 0 Å². The lowest BCUT2D eigenvalue weighted by Crippen LogP contribution is -2.48. The predicted octanol–water partition coefficient (Wildman–Crippen LogP) is 0.454. The van der Waals surface area contributed by atoms with E-state index in [1.807, 2.05) is 0 Å². The average molecular weight is 300 g/mol. The standard InChI is InChI=1S/C14H17FO6/c1-2-21-13(20)14(12(18)19,7-11(17)8-16)9-4-3-5-10(15)6-9/h3-6,11,16-17H,2,7-8H2,1H3,(H,18,19). The lowest BCUT2D eigenvalue weighted by molar-refractivity contribution is -0.163. The molecule has 0 aromatic heterocycles. The van der Waals surface area contributed by atoms with Crippen LogP contribution in [0.4, 0.5) is 4.39 Å². The Balaban J connectivity index is 3.43. The Morgan fingerprint density at radius 2 is 2.10 bits per heavy atom. The maximum absolute atomic E-state index is 13.4. The third kappa shape index (κ3) is 3.56. The Morgan fingerprint density at radius 1 is 1.43 bits per heavy atom. The zero-order chi connectivity index (χ0) is 16.0. The van der Waals surface area contributed by atoms with Crippen molar-refractivity contribution < 1.29 is 34.0 Å². The van der Waals surface area contributed by atoms with E-state index in [0.29, 0.717) is 0 Å². The number of rotatable bonds is 7. The number of hydrogen-bond acceptors (Lipinski definition) is 5. The van der Waals surface area contributed by atoms with Gasteiger partial charge in [-0.05, 0) is 24.6 Å². The largest absolute Gasteiger partial charge is 0.480 e. The number of aliphatic hydroxyl groups is 2. The second kappa shape index (κ2) is 7.14. The van der Waals surface area contributed by atoms with E-state index in [2.05, 4.69) is 0 Å². The van der Waals surface area contributed by atoms with E-state index in [1.54, 1.807) is 0 Å². The Morgan fingerprint density at radius 3 is 2.57 bits per heavy atom. The van der Waals surface area contributed by atoms with Gasteiger partial charge >= 0.3 is 11.9 Å². The number of halogens is 1. The summed E-state index contributed by atoms with van der Waals surface area (Å²) >= 11 is 0. The highest BCUT2D eigenvalue weighted by molar-refractivity contribution is 6.05. The van der Waals surface area contributed by atoms with Gasteiger partial charge in [0.15, 0.2) is 5.41 Å². The van der Waals surface area contributed by atoms with Crippen LogP contribution in [0.25, 0.3) is 0 Å². The van der Waals surface area contributed by atoms with Crippen LogP contribution in [0.15, 0.2) is 24.3 Å². The van der Waals surface area contributed by atoms with Gasteiger partial charge in [-0.1, -0.05) is 12.1 Å². The van der Waals surface area contributed by atoms with Crippen molar-refractivity contribution in [2.45, 2.75) is 24.9 Å². The number of carbonyl (C=O) groups excluding carboxylic acids is 1. The Bertz CT molecular complexity index is 518. The Labute approximate surface area is 120 Å². The van der Waals surface area contributed by atoms with Crippen molar-refractivity contribution in [3.63, 3.8) is 0 Å². The molecule has 2 unspecified atom stereocenters. The third-order valence-corrected chi connectivity index (χ3v) is 3.06. The van der Waals surface area contributed by atoms with Gasteiger partial charge < -0.3 is 20.1 Å². The zero-order valence-corrected chi connectivity index (χ0v) is 11.5. The number of benzene rings is 1. The molecular formula is C14H17FO6. The summed E-state index contributed by atoms with van der Waals surface area (Å²) in [6.07, 6.45) is -2.09. The van der Waals surface area contributed by atoms with Gasteiger partial charge in [0.1, 0.15) is 5.82 Å². The summed E-state index contributed by atoms with van der Waals surface area (Å²) in [7, 11) is 0. The number of hydrogen-bond donors (Lipinski definition) is 3. The smallest absolute Gasteiger partial charge is 0.328 e. The molecule has 0 saturated carbocycles. The van der Waals surface area contributed by atoms with Crippen LogP contribution in [0.5, 0.6) is 0 Å². The number of carboxylic acid groups (broad SMARTS) is 1. The maximum Gasteiger partial charge on any atom is 0.328 e. The van der Waals surface area contributed by atoms with E-state index in [9.17, 15) is 24.2 Å². The first-order valence-corrected chi connectivity index (χ1v) is 6.34. The molecule has 1 rings (SSSR count). The van der Waals surface area contributed by atoms with Crippen molar-refractivity contribution in [3.05, 3.63) is 35.6 Å². The van der Waals surface area contributed by atoms with Crippen molar-refractivity contribution in [1.82, 2.24) is 0 Å². The van der Waals surface area contributed by atoms with E-state index in [0.717, 1.165) is 12.1 Å². The monoisotopic (exact) mass is 300 g/mol. The number of carbonyl (C=O) groups is 2. The van der Waals surface area contributed by atoms with Crippen LogP contribution in [0, 0.1) is 5.82 Å². The average Bonchev–Trinajstić information content (AvgIpc) is 2.44. The fourth-order valence-electron chi connectivity index (χ4n) is 2.04. The molecule has 0 saturated heterocycles. The molecule has 0 radical (unpaired) electrons. The van der Waals surface area contributed by atoms with Crippen LogP contribution in [-0.4, -0.2) is 46.6 Å². The van der Waals surface area contributed by atoms with Crippen molar-refractivity contribution >= 4 is 11.9 Å². The highest BCUT2D eigenvalue weighted by Crippen LogP contribution is 2.32. The van der Waals surface area contributed by atoms with E-state index >= 15 is 0 Å². The summed E-state index contributed by atoms with van der Waals surface area (Å²) in [6, 6.07) is 4.52. The minimum absolute atomic E-state index is 0.0710. The molecule has 0 aliphatic carbocycles. The van der Waals surface area contributed by atoms with Crippen LogP contribution in [0.3, 0.4) is 0 Å². The van der Waals surface area contributed by atoms with Crippen molar-refractivity contribution in [2.75, 3.05) is 13.2 Å². The van der Waals surface area contributed by atoms with Crippen molar-refractivity contribution in [1.29, 1.82) is 0 Å². The zero-order valence-electron chi connectivity index (χ0n) is 11.5. The fraction of sp³-hybridized carbons (Fsp3) is 0.429. The number of esters is 1. The minimum atomic E-state index is -2.28. The van der Waals surface area contributed by atoms with Gasteiger partial charge in [0, 0.05) is 6.42 Å². The molecular weight excluding hydrogens is 283 g/mol. The van der Waals surface area contributed by atoms with Gasteiger partial charge in [0.05, 0.1) is 19.3 Å². The number of aliphatic carboxylic acids is 1. The molecule has 6 nitrogen and oxygen atoms in total. The molecule has 0 bridgehead atoms. The topological polar surface area (TPSA) is 104 Å². The molecule has 116 valence electrons. The number of carboxylic acids is 1. The first-order chi connectivity index (χ1) is 9.88. The van der Waals surface area contributed by atoms with Gasteiger partial charge in [0.25, 0.3) is 0 Å². The van der Waals surface area contributed by atoms with Crippen LogP contribution in [-0.2, 0) is 19.7 Å². The van der Waals surface area contributed by atoms with E-state index < -0.39 is 42.3 Å². The van der Waals surface area contributed by atoms with Crippen molar-refractivity contribution in [3.8, 4) is 0 Å². The maximum atomic E-state index is 13.4. The molecule has 2 atom stereocenters. The molecule has 0 aliphatic heterocycles. The predicted molar refractivity (Wildman–Crippen MR) is 70.1 cm³/mol. The van der Waals surface area contributed by atoms with E-state index in [-0.39, 0.29) is 12.2 Å². The summed E-state index contributed by atoms with van der Waals surface area (Å²) in [5.74, 6) is -3.42. The summed E-state index contributed by atoms with van der Waals surface area (Å²) in [6.45, 7) is 0.695. The highest BCUT2D eigenvalue weighted by Gasteiger charge is 2.50. The molecule has 3 N–H and O–H groups in total. The highest BCUT2D eigenvalue weighted by atomic mass is 19.1. The third-order valence-electron chi connectivity index (χ3n) is 3.06. The summed E-state index contributed by atoms with van der Waals surface area (Å²) in [4.78, 5) is 23.8. The molecule has 0 aliphatic rings. The van der Waals surface area contributed by atoms with Gasteiger partial charge in [-0.15, -0.1) is 0 Å². The van der Waals surface area contributed by atoms with Gasteiger partial charge in [-0.3, -0.25) is 9.59 Å². The fourth-order valence-corrected chi connectivity index (χ4v) is 2.04.